The molecule has 1 fully saturated rings. The molecule has 6 heteroatoms. The smallest absolute Gasteiger partial charge is 0.142 e. The summed E-state index contributed by atoms with van der Waals surface area (Å²) >= 11 is 0. The third-order valence-electron chi connectivity index (χ3n) is 5.33. The van der Waals surface area contributed by atoms with Gasteiger partial charge in [-0.2, -0.15) is 0 Å². The molecular weight excluding hydrogens is 362 g/mol. The van der Waals surface area contributed by atoms with Crippen molar-refractivity contribution in [2.24, 2.45) is 0 Å². The van der Waals surface area contributed by atoms with Gasteiger partial charge in [-0.15, -0.1) is 0 Å². The van der Waals surface area contributed by atoms with Gasteiger partial charge < -0.3 is 19.4 Å². The van der Waals surface area contributed by atoms with E-state index in [1.54, 1.807) is 7.11 Å². The van der Waals surface area contributed by atoms with Gasteiger partial charge in [-0.25, -0.2) is 9.97 Å². The summed E-state index contributed by atoms with van der Waals surface area (Å²) in [5.74, 6) is 3.60. The lowest BCUT2D eigenvalue weighted by atomic mass is 10.2. The summed E-state index contributed by atoms with van der Waals surface area (Å²) in [7, 11) is 3.77. The van der Waals surface area contributed by atoms with Gasteiger partial charge in [-0.1, -0.05) is 30.3 Å². The molecule has 0 bridgehead atoms. The highest BCUT2D eigenvalue weighted by Crippen LogP contribution is 2.30. The van der Waals surface area contributed by atoms with E-state index in [1.807, 2.05) is 44.3 Å². The molecular formula is C23H27N5O. The number of anilines is 4. The molecule has 6 nitrogen and oxygen atoms in total. The van der Waals surface area contributed by atoms with Crippen LogP contribution in [0.4, 0.5) is 23.0 Å². The molecule has 0 saturated carbocycles. The van der Waals surface area contributed by atoms with Crippen molar-refractivity contribution in [3.8, 4) is 5.75 Å². The van der Waals surface area contributed by atoms with E-state index in [1.165, 1.54) is 0 Å². The first kappa shape index (κ1) is 19.1. The Morgan fingerprint density at radius 2 is 1.52 bits per heavy atom. The van der Waals surface area contributed by atoms with Gasteiger partial charge in [0, 0.05) is 45.0 Å². The Balaban J connectivity index is 1.51. The maximum absolute atomic E-state index is 5.53. The predicted molar refractivity (Wildman–Crippen MR) is 119 cm³/mol. The summed E-state index contributed by atoms with van der Waals surface area (Å²) in [5.41, 5.74) is 2.26. The van der Waals surface area contributed by atoms with E-state index in [-0.39, 0.29) is 0 Å². The van der Waals surface area contributed by atoms with Gasteiger partial charge in [-0.05, 0) is 31.2 Å². The summed E-state index contributed by atoms with van der Waals surface area (Å²) in [6.07, 6.45) is 0. The van der Waals surface area contributed by atoms with Crippen LogP contribution in [0.3, 0.4) is 0 Å². The van der Waals surface area contributed by atoms with Crippen LogP contribution in [0, 0.1) is 6.92 Å². The predicted octanol–water partition coefficient (Wildman–Crippen LogP) is 3.89. The largest absolute Gasteiger partial charge is 0.495 e. The average Bonchev–Trinajstić information content (AvgIpc) is 2.79. The van der Waals surface area contributed by atoms with Crippen LogP contribution in [0.2, 0.25) is 0 Å². The van der Waals surface area contributed by atoms with Gasteiger partial charge in [0.25, 0.3) is 0 Å². The van der Waals surface area contributed by atoms with E-state index in [0.717, 1.165) is 60.8 Å². The molecule has 1 aromatic heterocycles. The Hall–Kier alpha value is -3.28. The molecule has 0 spiro atoms. The Morgan fingerprint density at radius 1 is 0.862 bits per heavy atom. The molecule has 0 radical (unpaired) electrons. The first-order chi connectivity index (χ1) is 14.2. The number of aryl methyl sites for hydroxylation is 1. The average molecular weight is 390 g/mol. The van der Waals surface area contributed by atoms with Gasteiger partial charge in [0.15, 0.2) is 0 Å². The highest BCUT2D eigenvalue weighted by Gasteiger charge is 2.21. The van der Waals surface area contributed by atoms with Crippen molar-refractivity contribution in [3.05, 3.63) is 66.5 Å². The fourth-order valence-corrected chi connectivity index (χ4v) is 3.72. The molecule has 3 aromatic rings. The number of benzene rings is 2. The molecule has 1 saturated heterocycles. The zero-order valence-electron chi connectivity index (χ0n) is 17.2. The topological polar surface area (TPSA) is 44.7 Å². The fraction of sp³-hybridized carbons (Fsp3) is 0.304. The number of piperazine rings is 1. The Kier molecular flexibility index (Phi) is 5.51. The van der Waals surface area contributed by atoms with Crippen molar-refractivity contribution in [3.63, 3.8) is 0 Å². The van der Waals surface area contributed by atoms with Crippen molar-refractivity contribution in [2.75, 3.05) is 55.0 Å². The molecule has 29 heavy (non-hydrogen) atoms. The van der Waals surface area contributed by atoms with Crippen LogP contribution < -0.4 is 19.4 Å². The maximum atomic E-state index is 5.53. The Bertz CT molecular complexity index is 954. The summed E-state index contributed by atoms with van der Waals surface area (Å²) in [5, 5.41) is 0. The number of aromatic nitrogens is 2. The lowest BCUT2D eigenvalue weighted by Crippen LogP contribution is -2.47. The minimum absolute atomic E-state index is 0.785. The first-order valence-electron chi connectivity index (χ1n) is 9.93. The van der Waals surface area contributed by atoms with Crippen LogP contribution in [0.5, 0.6) is 5.75 Å². The quantitative estimate of drug-likeness (QED) is 0.660. The van der Waals surface area contributed by atoms with Crippen LogP contribution in [0.1, 0.15) is 5.82 Å². The number of para-hydroxylation sites is 3. The van der Waals surface area contributed by atoms with E-state index >= 15 is 0 Å². The summed E-state index contributed by atoms with van der Waals surface area (Å²) < 4.78 is 5.53. The van der Waals surface area contributed by atoms with E-state index < -0.39 is 0 Å². The van der Waals surface area contributed by atoms with Crippen LogP contribution >= 0.6 is 0 Å². The normalized spacial score (nSPS) is 14.0. The maximum Gasteiger partial charge on any atom is 0.142 e. The van der Waals surface area contributed by atoms with Crippen LogP contribution in [0.15, 0.2) is 60.7 Å². The third-order valence-corrected chi connectivity index (χ3v) is 5.33. The minimum Gasteiger partial charge on any atom is -0.495 e. The fourth-order valence-electron chi connectivity index (χ4n) is 3.72. The minimum atomic E-state index is 0.785. The van der Waals surface area contributed by atoms with Crippen molar-refractivity contribution in [1.82, 2.24) is 9.97 Å². The van der Waals surface area contributed by atoms with Crippen molar-refractivity contribution in [2.45, 2.75) is 6.92 Å². The van der Waals surface area contributed by atoms with Crippen LogP contribution in [0.25, 0.3) is 0 Å². The SMILES string of the molecule is COc1ccccc1N1CCN(c2cc(N(C)c3ccccc3)nc(C)n2)CC1. The number of nitrogens with zero attached hydrogens (tertiary/aromatic N) is 5. The Morgan fingerprint density at radius 3 is 2.24 bits per heavy atom. The molecule has 0 N–H and O–H groups in total. The second-order valence-electron chi connectivity index (χ2n) is 7.17. The second kappa shape index (κ2) is 8.39. The molecule has 4 rings (SSSR count). The zero-order chi connectivity index (χ0) is 20.2. The Labute approximate surface area is 172 Å². The summed E-state index contributed by atoms with van der Waals surface area (Å²) in [6, 6.07) is 20.6. The van der Waals surface area contributed by atoms with Crippen LogP contribution in [-0.2, 0) is 0 Å². The molecule has 2 aromatic carbocycles. The molecule has 150 valence electrons. The zero-order valence-corrected chi connectivity index (χ0v) is 17.2. The first-order valence-corrected chi connectivity index (χ1v) is 9.93. The highest BCUT2D eigenvalue weighted by molar-refractivity contribution is 5.63. The monoisotopic (exact) mass is 389 g/mol. The van der Waals surface area contributed by atoms with E-state index in [4.69, 9.17) is 9.72 Å². The van der Waals surface area contributed by atoms with Crippen molar-refractivity contribution in [1.29, 1.82) is 0 Å². The number of hydrogen-bond acceptors (Lipinski definition) is 6. The number of hydrogen-bond donors (Lipinski definition) is 0. The van der Waals surface area contributed by atoms with Gasteiger partial charge in [-0.3, -0.25) is 0 Å². The third kappa shape index (κ3) is 4.11. The van der Waals surface area contributed by atoms with Crippen molar-refractivity contribution < 1.29 is 4.74 Å². The van der Waals surface area contributed by atoms with E-state index in [2.05, 4.69) is 50.0 Å². The molecule has 0 atom stereocenters. The molecule has 2 heterocycles. The lowest BCUT2D eigenvalue weighted by molar-refractivity contribution is 0.413. The summed E-state index contributed by atoms with van der Waals surface area (Å²) in [6.45, 7) is 5.61. The molecule has 0 aliphatic carbocycles. The van der Waals surface area contributed by atoms with E-state index in [9.17, 15) is 0 Å². The lowest BCUT2D eigenvalue weighted by Gasteiger charge is -2.37. The molecule has 1 aliphatic heterocycles. The second-order valence-corrected chi connectivity index (χ2v) is 7.17. The van der Waals surface area contributed by atoms with Gasteiger partial charge in [0.2, 0.25) is 0 Å². The summed E-state index contributed by atoms with van der Waals surface area (Å²) in [4.78, 5) is 16.2. The number of ether oxygens (including phenoxy) is 1. The number of rotatable bonds is 5. The standard InChI is InChI=1S/C23H27N5O/c1-18-24-22(26(2)19-9-5-4-6-10-19)17-23(25-18)28-15-13-27(14-16-28)20-11-7-8-12-21(20)29-3/h4-12,17H,13-16H2,1-3H3. The highest BCUT2D eigenvalue weighted by atomic mass is 16.5. The van der Waals surface area contributed by atoms with Crippen LogP contribution in [-0.4, -0.2) is 50.3 Å². The van der Waals surface area contributed by atoms with Crippen molar-refractivity contribution >= 4 is 23.0 Å². The number of methoxy groups -OCH3 is 1. The van der Waals surface area contributed by atoms with Gasteiger partial charge >= 0.3 is 0 Å². The van der Waals surface area contributed by atoms with Gasteiger partial charge in [0.05, 0.1) is 12.8 Å². The van der Waals surface area contributed by atoms with Gasteiger partial charge in [0.1, 0.15) is 23.2 Å². The molecule has 1 aliphatic rings. The molecule has 0 unspecified atom stereocenters. The van der Waals surface area contributed by atoms with E-state index in [0.29, 0.717) is 0 Å². The molecule has 0 amide bonds.